The molecule has 3 N–H and O–H groups in total. The smallest absolute Gasteiger partial charge is 0.325 e. The van der Waals surface area contributed by atoms with E-state index in [0.717, 1.165) is 37.1 Å². The van der Waals surface area contributed by atoms with Gasteiger partial charge in [0.1, 0.15) is 12.0 Å². The molecule has 2 aromatic carbocycles. The molecule has 34 heavy (non-hydrogen) atoms. The van der Waals surface area contributed by atoms with Crippen LogP contribution in [0.3, 0.4) is 0 Å². The zero-order valence-corrected chi connectivity index (χ0v) is 20.2. The highest BCUT2D eigenvalue weighted by molar-refractivity contribution is 7.51. The Labute approximate surface area is 200 Å². The summed E-state index contributed by atoms with van der Waals surface area (Å²) < 4.78 is 13.3. The van der Waals surface area contributed by atoms with Crippen LogP contribution in [0.5, 0.6) is 0 Å². The lowest BCUT2D eigenvalue weighted by Crippen LogP contribution is -2.16. The summed E-state index contributed by atoms with van der Waals surface area (Å²) >= 11 is 0. The fourth-order valence-electron chi connectivity index (χ4n) is 4.67. The topological polar surface area (TPSA) is 99.7 Å². The Balaban J connectivity index is 1.48. The molecule has 0 bridgehead atoms. The minimum Gasteiger partial charge on any atom is -0.354 e. The number of nitrogens with zero attached hydrogens (tertiary/aromatic N) is 3. The summed E-state index contributed by atoms with van der Waals surface area (Å²) in [4.78, 5) is 27.6. The van der Waals surface area contributed by atoms with Gasteiger partial charge in [-0.15, -0.1) is 0 Å². The zero-order chi connectivity index (χ0) is 24.1. The molecule has 0 saturated heterocycles. The molecule has 3 aromatic rings. The van der Waals surface area contributed by atoms with Crippen molar-refractivity contribution in [3.63, 3.8) is 0 Å². The summed E-state index contributed by atoms with van der Waals surface area (Å²) in [6, 6.07) is 18.3. The van der Waals surface area contributed by atoms with Crippen molar-refractivity contribution < 1.29 is 14.4 Å². The maximum atomic E-state index is 11.3. The van der Waals surface area contributed by atoms with E-state index in [9.17, 15) is 14.4 Å². The van der Waals surface area contributed by atoms with Crippen LogP contribution in [0.1, 0.15) is 49.8 Å². The fraction of sp³-hybridized carbons (Fsp3) is 0.308. The van der Waals surface area contributed by atoms with E-state index in [-0.39, 0.29) is 12.1 Å². The predicted octanol–water partition coefficient (Wildman–Crippen LogP) is 6.13. The number of aliphatic imine (C=N–C) groups is 1. The van der Waals surface area contributed by atoms with E-state index in [2.05, 4.69) is 46.1 Å². The highest BCUT2D eigenvalue weighted by Gasteiger charge is 2.27. The van der Waals surface area contributed by atoms with Gasteiger partial charge in [-0.05, 0) is 74.3 Å². The Morgan fingerprint density at radius 3 is 2.44 bits per heavy atom. The van der Waals surface area contributed by atoms with Gasteiger partial charge in [0.05, 0.1) is 11.9 Å². The second kappa shape index (κ2) is 10.5. The lowest BCUT2D eigenvalue weighted by Gasteiger charge is -2.29. The van der Waals surface area contributed by atoms with Gasteiger partial charge in [0, 0.05) is 17.6 Å². The van der Waals surface area contributed by atoms with E-state index in [1.807, 2.05) is 41.8 Å². The number of nitrogens with one attached hydrogen (secondary N) is 1. The standard InChI is InChI=1S/C26H31N4O3P/c1-3-27-26-25(19(2)29-23-7-5-4-6-8-23)28-18-30(26)24-15-13-22(14-16-24)21-11-9-20(10-12-21)17-34(31,32)33/h3-8,13-16,18,20-21,29H,2,9-12,17H2,1H3,(H2,31,32,33)/b27-3-. The van der Waals surface area contributed by atoms with Gasteiger partial charge in [0.25, 0.3) is 0 Å². The summed E-state index contributed by atoms with van der Waals surface area (Å²) in [6.45, 7) is 6.04. The summed E-state index contributed by atoms with van der Waals surface area (Å²) in [6.07, 6.45) is 7.13. The average molecular weight is 479 g/mol. The molecule has 0 atom stereocenters. The summed E-state index contributed by atoms with van der Waals surface area (Å²) in [5, 5.41) is 3.30. The monoisotopic (exact) mass is 478 g/mol. The van der Waals surface area contributed by atoms with Crippen molar-refractivity contribution in [1.29, 1.82) is 0 Å². The van der Waals surface area contributed by atoms with Gasteiger partial charge in [-0.1, -0.05) is 36.9 Å². The third kappa shape index (κ3) is 5.92. The second-order valence-electron chi connectivity index (χ2n) is 8.80. The first-order valence-electron chi connectivity index (χ1n) is 11.6. The molecular formula is C26H31N4O3P. The Morgan fingerprint density at radius 1 is 1.15 bits per heavy atom. The first-order valence-corrected chi connectivity index (χ1v) is 13.4. The minimum atomic E-state index is -3.93. The molecule has 7 nitrogen and oxygen atoms in total. The second-order valence-corrected chi connectivity index (χ2v) is 10.5. The number of para-hydroxylation sites is 1. The molecule has 1 heterocycles. The van der Waals surface area contributed by atoms with Crippen LogP contribution in [0, 0.1) is 5.92 Å². The lowest BCUT2D eigenvalue weighted by atomic mass is 9.79. The minimum absolute atomic E-state index is 0.00671. The molecule has 0 amide bonds. The van der Waals surface area contributed by atoms with Gasteiger partial charge < -0.3 is 15.1 Å². The zero-order valence-electron chi connectivity index (χ0n) is 19.3. The molecule has 0 spiro atoms. The average Bonchev–Trinajstić information content (AvgIpc) is 3.23. The number of rotatable bonds is 8. The fourth-order valence-corrected chi connectivity index (χ4v) is 5.70. The van der Waals surface area contributed by atoms with Crippen LogP contribution < -0.4 is 5.32 Å². The molecule has 4 rings (SSSR count). The Kier molecular flexibility index (Phi) is 7.47. The summed E-state index contributed by atoms with van der Waals surface area (Å²) in [7, 11) is -3.93. The third-order valence-corrected chi connectivity index (χ3v) is 7.33. The largest absolute Gasteiger partial charge is 0.354 e. The first-order chi connectivity index (χ1) is 16.3. The van der Waals surface area contributed by atoms with Crippen molar-refractivity contribution in [3.05, 3.63) is 78.8 Å². The number of hydrogen-bond donors (Lipinski definition) is 3. The van der Waals surface area contributed by atoms with Crippen LogP contribution in [-0.2, 0) is 4.57 Å². The normalized spacial score (nSPS) is 18.8. The quantitative estimate of drug-likeness (QED) is 0.267. The molecule has 1 aliphatic rings. The van der Waals surface area contributed by atoms with Crippen molar-refractivity contribution in [1.82, 2.24) is 9.55 Å². The van der Waals surface area contributed by atoms with E-state index in [1.54, 1.807) is 12.5 Å². The Morgan fingerprint density at radius 2 is 1.82 bits per heavy atom. The SMILES string of the molecule is C=C(Nc1ccccc1)c1ncn(-c2ccc(C3CCC(CP(=O)(O)O)CC3)cc2)c1/N=C\C. The molecule has 1 fully saturated rings. The van der Waals surface area contributed by atoms with Crippen LogP contribution in [0.25, 0.3) is 11.4 Å². The van der Waals surface area contributed by atoms with Gasteiger partial charge >= 0.3 is 7.60 Å². The van der Waals surface area contributed by atoms with E-state index in [1.165, 1.54) is 5.56 Å². The molecule has 1 aromatic heterocycles. The number of anilines is 1. The molecule has 0 unspecified atom stereocenters. The van der Waals surface area contributed by atoms with Crippen LogP contribution in [0.15, 0.2) is 72.5 Å². The van der Waals surface area contributed by atoms with Crippen LogP contribution in [0.2, 0.25) is 0 Å². The summed E-state index contributed by atoms with van der Waals surface area (Å²) in [5.74, 6) is 1.25. The summed E-state index contributed by atoms with van der Waals surface area (Å²) in [5.41, 5.74) is 4.53. The number of benzene rings is 2. The van der Waals surface area contributed by atoms with Crippen LogP contribution in [0.4, 0.5) is 11.5 Å². The van der Waals surface area contributed by atoms with Crippen LogP contribution >= 0.6 is 7.60 Å². The van der Waals surface area contributed by atoms with Crippen molar-refractivity contribution in [3.8, 4) is 5.69 Å². The van der Waals surface area contributed by atoms with Gasteiger partial charge in [0.15, 0.2) is 5.82 Å². The molecule has 1 aliphatic carbocycles. The van der Waals surface area contributed by atoms with Gasteiger partial charge in [-0.3, -0.25) is 9.13 Å². The highest BCUT2D eigenvalue weighted by Crippen LogP contribution is 2.44. The molecule has 1 saturated carbocycles. The Hall–Kier alpha value is -2.99. The number of hydrogen-bond acceptors (Lipinski definition) is 4. The number of imidazole rings is 1. The van der Waals surface area contributed by atoms with Crippen molar-refractivity contribution in [2.45, 2.75) is 38.5 Å². The lowest BCUT2D eigenvalue weighted by molar-refractivity contribution is 0.316. The van der Waals surface area contributed by atoms with Crippen molar-refractivity contribution in [2.75, 3.05) is 11.5 Å². The Bertz CT molecular complexity index is 1190. The highest BCUT2D eigenvalue weighted by atomic mass is 31.2. The van der Waals surface area contributed by atoms with E-state index >= 15 is 0 Å². The van der Waals surface area contributed by atoms with E-state index in [0.29, 0.717) is 23.1 Å². The maximum Gasteiger partial charge on any atom is 0.325 e. The molecule has 0 radical (unpaired) electrons. The van der Waals surface area contributed by atoms with E-state index < -0.39 is 7.60 Å². The predicted molar refractivity (Wildman–Crippen MR) is 138 cm³/mol. The van der Waals surface area contributed by atoms with Gasteiger partial charge in [-0.2, -0.15) is 0 Å². The van der Waals surface area contributed by atoms with Crippen molar-refractivity contribution in [2.24, 2.45) is 10.9 Å². The maximum absolute atomic E-state index is 11.3. The molecule has 178 valence electrons. The first kappa shape index (κ1) is 24.1. The van der Waals surface area contributed by atoms with Crippen LogP contribution in [-0.4, -0.2) is 31.7 Å². The molecular weight excluding hydrogens is 447 g/mol. The van der Waals surface area contributed by atoms with E-state index in [4.69, 9.17) is 0 Å². The van der Waals surface area contributed by atoms with Crippen molar-refractivity contribution >= 4 is 31.0 Å². The third-order valence-electron chi connectivity index (χ3n) is 6.33. The van der Waals surface area contributed by atoms with Gasteiger partial charge in [0.2, 0.25) is 0 Å². The van der Waals surface area contributed by atoms with Gasteiger partial charge in [-0.25, -0.2) is 9.98 Å². The molecule has 8 heteroatoms. The molecule has 0 aliphatic heterocycles. The number of aromatic nitrogens is 2.